The zero-order valence-corrected chi connectivity index (χ0v) is 18.9. The molecule has 3 saturated heterocycles. The highest BCUT2D eigenvalue weighted by atomic mass is 16.6. The monoisotopic (exact) mass is 425 g/mol. The van der Waals surface area contributed by atoms with Gasteiger partial charge in [-0.05, 0) is 76.6 Å². The largest absolute Gasteiger partial charge is 0.450 e. The Morgan fingerprint density at radius 1 is 1.00 bits per heavy atom. The van der Waals surface area contributed by atoms with Crippen molar-refractivity contribution in [3.8, 4) is 0 Å². The molecule has 2 bridgehead atoms. The molecule has 0 saturated carbocycles. The molecule has 4 aliphatic heterocycles. The molecule has 4 heterocycles. The number of likely N-dealkylation sites (tertiary alicyclic amines) is 1. The Labute approximate surface area is 185 Å². The third-order valence-corrected chi connectivity index (χ3v) is 8.42. The molecule has 6 heteroatoms. The number of amides is 2. The number of hydrogen-bond donors (Lipinski definition) is 0. The second-order valence-electron chi connectivity index (χ2n) is 9.87. The average Bonchev–Trinajstić information content (AvgIpc) is 3.04. The number of rotatable bonds is 2. The zero-order valence-electron chi connectivity index (χ0n) is 18.9. The number of fused-ring (bicyclic) bond motifs is 4. The lowest BCUT2D eigenvalue weighted by Gasteiger charge is -2.50. The van der Waals surface area contributed by atoms with E-state index in [0.29, 0.717) is 24.7 Å². The van der Waals surface area contributed by atoms with Gasteiger partial charge in [0.05, 0.1) is 6.61 Å². The van der Waals surface area contributed by atoms with Crippen LogP contribution in [-0.2, 0) is 14.9 Å². The molecule has 1 aromatic rings. The predicted octanol–water partition coefficient (Wildman–Crippen LogP) is 3.93. The zero-order chi connectivity index (χ0) is 21.6. The molecule has 6 nitrogen and oxygen atoms in total. The van der Waals surface area contributed by atoms with Gasteiger partial charge in [0.2, 0.25) is 5.91 Å². The van der Waals surface area contributed by atoms with Crippen molar-refractivity contribution in [1.82, 2.24) is 9.80 Å². The molecule has 1 aromatic carbocycles. The van der Waals surface area contributed by atoms with E-state index in [4.69, 9.17) is 4.74 Å². The fraction of sp³-hybridized carbons (Fsp3) is 0.680. The van der Waals surface area contributed by atoms with Crippen molar-refractivity contribution in [2.24, 2.45) is 0 Å². The van der Waals surface area contributed by atoms with Crippen LogP contribution in [-0.4, -0.2) is 66.2 Å². The van der Waals surface area contributed by atoms with Crippen molar-refractivity contribution in [1.29, 1.82) is 0 Å². The minimum Gasteiger partial charge on any atom is -0.450 e. The summed E-state index contributed by atoms with van der Waals surface area (Å²) < 4.78 is 5.32. The van der Waals surface area contributed by atoms with Crippen LogP contribution >= 0.6 is 0 Å². The van der Waals surface area contributed by atoms with Crippen LogP contribution < -0.4 is 4.90 Å². The highest BCUT2D eigenvalue weighted by Crippen LogP contribution is 2.48. The van der Waals surface area contributed by atoms with Crippen LogP contribution in [0.5, 0.6) is 0 Å². The SMILES string of the molecule is CCOC(=O)N1C2CCC1CC(N1CCC3(CCN(C(C)=O)c4ccccc43)CC1)C2. The summed E-state index contributed by atoms with van der Waals surface area (Å²) in [6, 6.07) is 9.81. The maximum atomic E-state index is 12.4. The van der Waals surface area contributed by atoms with Crippen molar-refractivity contribution < 1.29 is 14.3 Å². The Bertz CT molecular complexity index is 834. The molecular weight excluding hydrogens is 390 g/mol. The minimum absolute atomic E-state index is 0.111. The number of nitrogens with zero attached hydrogens (tertiary/aromatic N) is 3. The second-order valence-corrected chi connectivity index (χ2v) is 9.87. The Balaban J connectivity index is 1.27. The molecule has 2 atom stereocenters. The highest BCUT2D eigenvalue weighted by Gasteiger charge is 2.48. The molecule has 3 fully saturated rings. The van der Waals surface area contributed by atoms with Crippen LogP contribution in [0.3, 0.4) is 0 Å². The van der Waals surface area contributed by atoms with Crippen molar-refractivity contribution in [3.05, 3.63) is 29.8 Å². The Morgan fingerprint density at radius 3 is 2.29 bits per heavy atom. The van der Waals surface area contributed by atoms with Crippen LogP contribution in [0.1, 0.15) is 64.4 Å². The van der Waals surface area contributed by atoms with Gasteiger partial charge < -0.3 is 19.4 Å². The van der Waals surface area contributed by atoms with Crippen LogP contribution in [0.4, 0.5) is 10.5 Å². The lowest BCUT2D eigenvalue weighted by molar-refractivity contribution is -0.116. The maximum absolute atomic E-state index is 12.4. The van der Waals surface area contributed by atoms with E-state index >= 15 is 0 Å². The summed E-state index contributed by atoms with van der Waals surface area (Å²) in [5.41, 5.74) is 2.69. The van der Waals surface area contributed by atoms with Gasteiger partial charge in [-0.3, -0.25) is 4.79 Å². The van der Waals surface area contributed by atoms with E-state index in [9.17, 15) is 9.59 Å². The molecule has 1 spiro atoms. The van der Waals surface area contributed by atoms with Crippen LogP contribution in [0.25, 0.3) is 0 Å². The average molecular weight is 426 g/mol. The fourth-order valence-electron chi connectivity index (χ4n) is 6.84. The standard InChI is InChI=1S/C25H35N3O3/c1-3-31-24(30)28-19-8-9-20(28)17-21(16-19)26-13-10-25(11-14-26)12-15-27(18(2)29)23-7-5-4-6-22(23)25/h4-7,19-21H,3,8-17H2,1-2H3. The number of para-hydroxylation sites is 1. The number of benzene rings is 1. The molecule has 2 amide bonds. The molecule has 0 aliphatic carbocycles. The number of anilines is 1. The van der Waals surface area contributed by atoms with E-state index in [-0.39, 0.29) is 17.4 Å². The molecule has 4 aliphatic rings. The molecule has 0 aromatic heterocycles. The first-order chi connectivity index (χ1) is 15.0. The van der Waals surface area contributed by atoms with Crippen LogP contribution in [0.2, 0.25) is 0 Å². The quantitative estimate of drug-likeness (QED) is 0.721. The molecular formula is C25H35N3O3. The van der Waals surface area contributed by atoms with Crippen molar-refractivity contribution in [2.75, 3.05) is 31.1 Å². The van der Waals surface area contributed by atoms with Gasteiger partial charge in [-0.1, -0.05) is 18.2 Å². The van der Waals surface area contributed by atoms with Crippen molar-refractivity contribution in [2.45, 2.75) is 82.3 Å². The summed E-state index contributed by atoms with van der Waals surface area (Å²) >= 11 is 0. The van der Waals surface area contributed by atoms with E-state index in [1.165, 1.54) is 5.56 Å². The number of carbonyl (C=O) groups is 2. The van der Waals surface area contributed by atoms with E-state index in [0.717, 1.165) is 70.3 Å². The highest BCUT2D eigenvalue weighted by molar-refractivity contribution is 5.93. The minimum atomic E-state index is -0.111. The third kappa shape index (κ3) is 3.53. The van der Waals surface area contributed by atoms with Crippen molar-refractivity contribution in [3.63, 3.8) is 0 Å². The summed E-state index contributed by atoms with van der Waals surface area (Å²) in [5, 5.41) is 0. The second kappa shape index (κ2) is 8.12. The lowest BCUT2D eigenvalue weighted by Crippen LogP contribution is -2.56. The summed E-state index contributed by atoms with van der Waals surface area (Å²) in [4.78, 5) is 31.2. The van der Waals surface area contributed by atoms with Gasteiger partial charge in [0.25, 0.3) is 0 Å². The fourth-order valence-corrected chi connectivity index (χ4v) is 6.84. The van der Waals surface area contributed by atoms with Gasteiger partial charge in [0.1, 0.15) is 0 Å². The molecule has 2 unspecified atom stereocenters. The molecule has 0 radical (unpaired) electrons. The smallest absolute Gasteiger partial charge is 0.410 e. The number of hydrogen-bond acceptors (Lipinski definition) is 4. The predicted molar refractivity (Wildman–Crippen MR) is 120 cm³/mol. The maximum Gasteiger partial charge on any atom is 0.410 e. The first-order valence-electron chi connectivity index (χ1n) is 12.1. The van der Waals surface area contributed by atoms with E-state index < -0.39 is 0 Å². The topological polar surface area (TPSA) is 53.1 Å². The molecule has 5 rings (SSSR count). The number of carbonyl (C=O) groups excluding carboxylic acids is 2. The lowest BCUT2D eigenvalue weighted by atomic mass is 9.67. The normalized spacial score (nSPS) is 29.7. The van der Waals surface area contributed by atoms with Gasteiger partial charge in [0, 0.05) is 42.7 Å². The Hall–Kier alpha value is -2.08. The molecule has 168 valence electrons. The summed E-state index contributed by atoms with van der Waals surface area (Å²) in [6.07, 6.45) is 7.66. The Morgan fingerprint density at radius 2 is 1.65 bits per heavy atom. The first-order valence-corrected chi connectivity index (χ1v) is 12.1. The third-order valence-electron chi connectivity index (χ3n) is 8.42. The van der Waals surface area contributed by atoms with E-state index in [1.54, 1.807) is 6.92 Å². The first kappa shape index (κ1) is 20.8. The van der Waals surface area contributed by atoms with Crippen LogP contribution in [0.15, 0.2) is 24.3 Å². The van der Waals surface area contributed by atoms with Gasteiger partial charge in [0.15, 0.2) is 0 Å². The van der Waals surface area contributed by atoms with E-state index in [2.05, 4.69) is 29.2 Å². The molecule has 31 heavy (non-hydrogen) atoms. The van der Waals surface area contributed by atoms with E-state index in [1.807, 2.05) is 16.7 Å². The summed E-state index contributed by atoms with van der Waals surface area (Å²) in [6.45, 7) is 7.06. The van der Waals surface area contributed by atoms with Gasteiger partial charge in [-0.2, -0.15) is 0 Å². The van der Waals surface area contributed by atoms with Gasteiger partial charge in [-0.25, -0.2) is 4.79 Å². The Kier molecular flexibility index (Phi) is 5.45. The van der Waals surface area contributed by atoms with Crippen molar-refractivity contribution >= 4 is 17.7 Å². The summed E-state index contributed by atoms with van der Waals surface area (Å²) in [7, 11) is 0. The molecule has 0 N–H and O–H groups in total. The summed E-state index contributed by atoms with van der Waals surface area (Å²) in [5.74, 6) is 0.142. The van der Waals surface area contributed by atoms with Gasteiger partial charge in [-0.15, -0.1) is 0 Å². The van der Waals surface area contributed by atoms with Crippen LogP contribution in [0, 0.1) is 0 Å². The number of ether oxygens (including phenoxy) is 1. The van der Waals surface area contributed by atoms with Gasteiger partial charge >= 0.3 is 6.09 Å². The number of piperidine rings is 2.